The molecule has 0 fully saturated rings. The largest absolute Gasteiger partial charge is 0.493 e. The van der Waals surface area contributed by atoms with E-state index in [0.717, 1.165) is 12.2 Å². The van der Waals surface area contributed by atoms with Crippen molar-refractivity contribution < 1.29 is 9.15 Å². The highest BCUT2D eigenvalue weighted by Gasteiger charge is 2.08. The van der Waals surface area contributed by atoms with Gasteiger partial charge in [-0.1, -0.05) is 19.8 Å². The molecule has 1 aromatic carbocycles. The molecule has 2 rings (SSSR count). The third kappa shape index (κ3) is 2.98. The van der Waals surface area contributed by atoms with E-state index >= 15 is 0 Å². The summed E-state index contributed by atoms with van der Waals surface area (Å²) in [6.45, 7) is 6.46. The number of ether oxygens (including phenoxy) is 1. The quantitative estimate of drug-likeness (QED) is 0.763. The molecule has 0 aliphatic heterocycles. The standard InChI is InChI=1S/C16H20O3/c1-4-5-6-9-18-13-7-8-14-15(10-13)19-12(3)11(2)16(14)17/h7-8,10H,4-6,9H2,1-3H3. The molecule has 3 heteroatoms. The number of aryl methyl sites for hydroxylation is 1. The summed E-state index contributed by atoms with van der Waals surface area (Å²) < 4.78 is 11.3. The summed E-state index contributed by atoms with van der Waals surface area (Å²) in [4.78, 5) is 12.1. The Labute approximate surface area is 113 Å². The molecular formula is C16H20O3. The van der Waals surface area contributed by atoms with Crippen molar-refractivity contribution in [3.05, 3.63) is 39.7 Å². The van der Waals surface area contributed by atoms with Crippen molar-refractivity contribution >= 4 is 11.0 Å². The van der Waals surface area contributed by atoms with E-state index in [2.05, 4.69) is 6.92 Å². The molecule has 0 atom stereocenters. The molecule has 0 saturated heterocycles. The van der Waals surface area contributed by atoms with Crippen LogP contribution in [0.25, 0.3) is 11.0 Å². The molecule has 1 heterocycles. The lowest BCUT2D eigenvalue weighted by Crippen LogP contribution is -2.07. The number of rotatable bonds is 5. The van der Waals surface area contributed by atoms with E-state index in [1.54, 1.807) is 19.1 Å². The summed E-state index contributed by atoms with van der Waals surface area (Å²) in [5.41, 5.74) is 1.31. The van der Waals surface area contributed by atoms with Gasteiger partial charge in [-0.05, 0) is 32.4 Å². The van der Waals surface area contributed by atoms with Gasteiger partial charge < -0.3 is 9.15 Å². The normalized spacial score (nSPS) is 10.9. The Morgan fingerprint density at radius 1 is 1.21 bits per heavy atom. The van der Waals surface area contributed by atoms with Crippen molar-refractivity contribution in [3.8, 4) is 5.75 Å². The molecular weight excluding hydrogens is 240 g/mol. The lowest BCUT2D eigenvalue weighted by molar-refractivity contribution is 0.306. The highest BCUT2D eigenvalue weighted by Crippen LogP contribution is 2.21. The first-order chi connectivity index (χ1) is 9.13. The smallest absolute Gasteiger partial charge is 0.195 e. The number of fused-ring (bicyclic) bond motifs is 1. The van der Waals surface area contributed by atoms with Crippen molar-refractivity contribution in [1.29, 1.82) is 0 Å². The van der Waals surface area contributed by atoms with Gasteiger partial charge in [0.2, 0.25) is 0 Å². The molecule has 0 bridgehead atoms. The average molecular weight is 260 g/mol. The van der Waals surface area contributed by atoms with Crippen LogP contribution in [0.2, 0.25) is 0 Å². The molecule has 0 spiro atoms. The fourth-order valence-corrected chi connectivity index (χ4v) is 2.01. The maximum absolute atomic E-state index is 12.1. The highest BCUT2D eigenvalue weighted by molar-refractivity contribution is 5.78. The van der Waals surface area contributed by atoms with Gasteiger partial charge in [-0.25, -0.2) is 0 Å². The maximum atomic E-state index is 12.1. The predicted octanol–water partition coefficient (Wildman–Crippen LogP) is 3.98. The minimum Gasteiger partial charge on any atom is -0.493 e. The van der Waals surface area contributed by atoms with Crippen LogP contribution in [0.15, 0.2) is 27.4 Å². The number of unbranched alkanes of at least 4 members (excludes halogenated alkanes) is 2. The van der Waals surface area contributed by atoms with Crippen molar-refractivity contribution in [1.82, 2.24) is 0 Å². The first kappa shape index (κ1) is 13.7. The zero-order chi connectivity index (χ0) is 13.8. The first-order valence-corrected chi connectivity index (χ1v) is 6.80. The van der Waals surface area contributed by atoms with Crippen LogP contribution in [0.1, 0.15) is 37.5 Å². The SMILES string of the molecule is CCCCCOc1ccc2c(=O)c(C)c(C)oc2c1. The van der Waals surface area contributed by atoms with E-state index < -0.39 is 0 Å². The minimum atomic E-state index is 0.0382. The van der Waals surface area contributed by atoms with Crippen molar-refractivity contribution in [2.75, 3.05) is 6.61 Å². The van der Waals surface area contributed by atoms with E-state index in [1.165, 1.54) is 12.8 Å². The Bertz CT molecular complexity index is 626. The van der Waals surface area contributed by atoms with Gasteiger partial charge in [0.1, 0.15) is 17.1 Å². The Hall–Kier alpha value is -1.77. The van der Waals surface area contributed by atoms with Crippen molar-refractivity contribution in [2.24, 2.45) is 0 Å². The number of hydrogen-bond acceptors (Lipinski definition) is 3. The Morgan fingerprint density at radius 3 is 2.74 bits per heavy atom. The molecule has 0 aliphatic carbocycles. The van der Waals surface area contributed by atoms with Crippen LogP contribution >= 0.6 is 0 Å². The lowest BCUT2D eigenvalue weighted by atomic mass is 10.1. The molecule has 0 unspecified atom stereocenters. The lowest BCUT2D eigenvalue weighted by Gasteiger charge is -2.07. The zero-order valence-electron chi connectivity index (χ0n) is 11.8. The molecule has 1 aromatic heterocycles. The van der Waals surface area contributed by atoms with Crippen LogP contribution in [0, 0.1) is 13.8 Å². The summed E-state index contributed by atoms with van der Waals surface area (Å²) in [5, 5.41) is 0.615. The average Bonchev–Trinajstić information content (AvgIpc) is 2.41. The van der Waals surface area contributed by atoms with Crippen LogP contribution in [0.5, 0.6) is 5.75 Å². The van der Waals surface area contributed by atoms with Gasteiger partial charge in [0.25, 0.3) is 0 Å². The van der Waals surface area contributed by atoms with E-state index in [0.29, 0.717) is 28.9 Å². The summed E-state index contributed by atoms with van der Waals surface area (Å²) in [7, 11) is 0. The summed E-state index contributed by atoms with van der Waals surface area (Å²) in [5.74, 6) is 1.43. The van der Waals surface area contributed by atoms with Gasteiger partial charge in [0, 0.05) is 11.6 Å². The van der Waals surface area contributed by atoms with E-state index in [4.69, 9.17) is 9.15 Å². The molecule has 0 N–H and O–H groups in total. The maximum Gasteiger partial charge on any atom is 0.195 e. The van der Waals surface area contributed by atoms with Gasteiger partial charge in [0.05, 0.1) is 12.0 Å². The van der Waals surface area contributed by atoms with E-state index in [-0.39, 0.29) is 5.43 Å². The van der Waals surface area contributed by atoms with Crippen LogP contribution in [0.3, 0.4) is 0 Å². The molecule has 19 heavy (non-hydrogen) atoms. The van der Waals surface area contributed by atoms with Gasteiger partial charge in [-0.15, -0.1) is 0 Å². The molecule has 102 valence electrons. The van der Waals surface area contributed by atoms with E-state index in [1.807, 2.05) is 13.0 Å². The Morgan fingerprint density at radius 2 is 2.00 bits per heavy atom. The van der Waals surface area contributed by atoms with Crippen molar-refractivity contribution in [3.63, 3.8) is 0 Å². The topological polar surface area (TPSA) is 39.4 Å². The number of hydrogen-bond donors (Lipinski definition) is 0. The van der Waals surface area contributed by atoms with E-state index in [9.17, 15) is 4.79 Å². The van der Waals surface area contributed by atoms with Crippen LogP contribution in [-0.4, -0.2) is 6.61 Å². The monoisotopic (exact) mass is 260 g/mol. The second-order valence-corrected chi connectivity index (χ2v) is 4.83. The van der Waals surface area contributed by atoms with Crippen molar-refractivity contribution in [2.45, 2.75) is 40.0 Å². The molecule has 2 aromatic rings. The van der Waals surface area contributed by atoms with Gasteiger partial charge in [-0.3, -0.25) is 4.79 Å². The Balaban J connectivity index is 2.26. The first-order valence-electron chi connectivity index (χ1n) is 6.80. The minimum absolute atomic E-state index is 0.0382. The third-order valence-corrected chi connectivity index (χ3v) is 3.35. The fourth-order valence-electron chi connectivity index (χ4n) is 2.01. The number of benzene rings is 1. The third-order valence-electron chi connectivity index (χ3n) is 3.35. The highest BCUT2D eigenvalue weighted by atomic mass is 16.5. The second kappa shape index (κ2) is 5.91. The summed E-state index contributed by atoms with van der Waals surface area (Å²) in [6.07, 6.45) is 3.39. The molecule has 0 aliphatic rings. The molecule has 0 saturated carbocycles. The molecule has 0 amide bonds. The van der Waals surface area contributed by atoms with Crippen LogP contribution in [0.4, 0.5) is 0 Å². The fraction of sp³-hybridized carbons (Fsp3) is 0.438. The zero-order valence-corrected chi connectivity index (χ0v) is 11.8. The summed E-state index contributed by atoms with van der Waals surface area (Å²) >= 11 is 0. The second-order valence-electron chi connectivity index (χ2n) is 4.83. The van der Waals surface area contributed by atoms with Gasteiger partial charge in [-0.2, -0.15) is 0 Å². The molecule has 3 nitrogen and oxygen atoms in total. The van der Waals surface area contributed by atoms with Crippen LogP contribution in [-0.2, 0) is 0 Å². The summed E-state index contributed by atoms with van der Waals surface area (Å²) in [6, 6.07) is 5.41. The van der Waals surface area contributed by atoms with Crippen LogP contribution < -0.4 is 10.2 Å². The van der Waals surface area contributed by atoms with Gasteiger partial charge in [0.15, 0.2) is 5.43 Å². The molecule has 0 radical (unpaired) electrons. The van der Waals surface area contributed by atoms with Gasteiger partial charge >= 0.3 is 0 Å². The Kier molecular flexibility index (Phi) is 4.25. The predicted molar refractivity (Wildman–Crippen MR) is 77.0 cm³/mol.